The molecule has 0 bridgehead atoms. The lowest BCUT2D eigenvalue weighted by atomic mass is 9.87. The van der Waals surface area contributed by atoms with Crippen LogP contribution in [0.5, 0.6) is 0 Å². The van der Waals surface area contributed by atoms with Crippen molar-refractivity contribution in [1.82, 2.24) is 0 Å². The number of carbonyl (C=O) groups is 2. The second-order valence-electron chi connectivity index (χ2n) is 6.36. The molecule has 0 unspecified atom stereocenters. The number of carboxylic acid groups (broad SMARTS) is 2. The summed E-state index contributed by atoms with van der Waals surface area (Å²) in [7, 11) is 0. The third-order valence-electron chi connectivity index (χ3n) is 4.57. The van der Waals surface area contributed by atoms with Crippen LogP contribution in [0, 0.1) is 13.8 Å². The van der Waals surface area contributed by atoms with E-state index in [1.807, 2.05) is 0 Å². The second-order valence-corrected chi connectivity index (χ2v) is 7.11. The summed E-state index contributed by atoms with van der Waals surface area (Å²) in [5.41, 5.74) is 1.73. The van der Waals surface area contributed by atoms with Crippen LogP contribution in [0.2, 0.25) is 10.0 Å². The average Bonchev–Trinajstić information content (AvgIpc) is 2.65. The van der Waals surface area contributed by atoms with Gasteiger partial charge in [0.15, 0.2) is 0 Å². The third-order valence-corrected chi connectivity index (χ3v) is 5.58. The van der Waals surface area contributed by atoms with Crippen LogP contribution in [-0.2, 0) is 0 Å². The van der Waals surface area contributed by atoms with E-state index < -0.39 is 11.9 Å². The fourth-order valence-electron chi connectivity index (χ4n) is 3.18. The normalized spacial score (nSPS) is 10.7. The molecular formula is C22H14Cl2O4-2. The van der Waals surface area contributed by atoms with E-state index in [9.17, 15) is 19.8 Å². The van der Waals surface area contributed by atoms with E-state index >= 15 is 0 Å². The number of hydrogen-bond acceptors (Lipinski definition) is 4. The Hall–Kier alpha value is -2.82. The molecule has 0 fully saturated rings. The summed E-state index contributed by atoms with van der Waals surface area (Å²) in [5, 5.41) is 24.5. The van der Waals surface area contributed by atoms with Gasteiger partial charge < -0.3 is 19.8 Å². The first kappa shape index (κ1) is 19.9. The zero-order chi connectivity index (χ0) is 20.6. The van der Waals surface area contributed by atoms with Gasteiger partial charge in [-0.2, -0.15) is 0 Å². The number of hydrogen-bond donors (Lipinski definition) is 0. The van der Waals surface area contributed by atoms with Gasteiger partial charge in [-0.1, -0.05) is 71.7 Å². The molecule has 0 N–H and O–H groups in total. The molecule has 0 aromatic heterocycles. The first-order valence-electron chi connectivity index (χ1n) is 8.34. The molecule has 0 spiro atoms. The van der Waals surface area contributed by atoms with Gasteiger partial charge in [-0.25, -0.2) is 0 Å². The van der Waals surface area contributed by atoms with Gasteiger partial charge in [0.05, 0.1) is 22.0 Å². The summed E-state index contributed by atoms with van der Waals surface area (Å²) >= 11 is 12.8. The molecule has 0 saturated carbocycles. The van der Waals surface area contributed by atoms with E-state index in [2.05, 4.69) is 0 Å². The van der Waals surface area contributed by atoms with Gasteiger partial charge in [-0.15, -0.1) is 0 Å². The number of aryl methyl sites for hydroxylation is 2. The van der Waals surface area contributed by atoms with Gasteiger partial charge in [-0.3, -0.25) is 0 Å². The number of halogens is 2. The highest BCUT2D eigenvalue weighted by atomic mass is 35.5. The lowest BCUT2D eigenvalue weighted by molar-refractivity contribution is -0.255. The summed E-state index contributed by atoms with van der Waals surface area (Å²) in [4.78, 5) is 23.9. The largest absolute Gasteiger partial charge is 0.545 e. The van der Waals surface area contributed by atoms with E-state index in [0.29, 0.717) is 16.1 Å². The summed E-state index contributed by atoms with van der Waals surface area (Å²) in [6.45, 7) is 3.53. The summed E-state index contributed by atoms with van der Waals surface area (Å²) in [6.07, 6.45) is 0. The Morgan fingerprint density at radius 1 is 0.714 bits per heavy atom. The van der Waals surface area contributed by atoms with Crippen LogP contribution in [0.15, 0.2) is 48.5 Å². The minimum absolute atomic E-state index is 0.0660. The van der Waals surface area contributed by atoms with Crippen molar-refractivity contribution in [1.29, 1.82) is 0 Å². The number of aromatic carboxylic acids is 2. The monoisotopic (exact) mass is 412 g/mol. The molecule has 0 saturated heterocycles. The van der Waals surface area contributed by atoms with Crippen molar-refractivity contribution in [2.75, 3.05) is 0 Å². The van der Waals surface area contributed by atoms with Crippen LogP contribution in [0.1, 0.15) is 31.8 Å². The Kier molecular flexibility index (Phi) is 5.45. The Morgan fingerprint density at radius 3 is 1.79 bits per heavy atom. The predicted molar refractivity (Wildman–Crippen MR) is 105 cm³/mol. The fraction of sp³-hybridized carbons (Fsp3) is 0.0909. The van der Waals surface area contributed by atoms with Gasteiger partial charge in [0, 0.05) is 27.8 Å². The zero-order valence-corrected chi connectivity index (χ0v) is 16.5. The number of benzene rings is 3. The molecule has 4 nitrogen and oxygen atoms in total. The first-order valence-corrected chi connectivity index (χ1v) is 9.10. The first-order chi connectivity index (χ1) is 13.2. The maximum atomic E-state index is 12.1. The average molecular weight is 413 g/mol. The van der Waals surface area contributed by atoms with Crippen LogP contribution in [0.3, 0.4) is 0 Å². The van der Waals surface area contributed by atoms with Crippen LogP contribution in [0.4, 0.5) is 0 Å². The van der Waals surface area contributed by atoms with E-state index in [0.717, 1.165) is 5.56 Å². The summed E-state index contributed by atoms with van der Waals surface area (Å²) in [6, 6.07) is 12.8. The lowest BCUT2D eigenvalue weighted by Gasteiger charge is -2.22. The van der Waals surface area contributed by atoms with Crippen molar-refractivity contribution in [3.05, 3.63) is 80.8 Å². The highest BCUT2D eigenvalue weighted by Crippen LogP contribution is 2.41. The van der Waals surface area contributed by atoms with E-state index in [1.165, 1.54) is 12.1 Å². The van der Waals surface area contributed by atoms with Crippen molar-refractivity contribution in [3.63, 3.8) is 0 Å². The minimum atomic E-state index is -1.54. The van der Waals surface area contributed by atoms with Crippen LogP contribution >= 0.6 is 23.2 Å². The number of carbonyl (C=O) groups excluding carboxylic acids is 2. The topological polar surface area (TPSA) is 80.3 Å². The highest BCUT2D eigenvalue weighted by Gasteiger charge is 2.21. The van der Waals surface area contributed by atoms with Gasteiger partial charge in [0.1, 0.15) is 0 Å². The Morgan fingerprint density at radius 2 is 1.25 bits per heavy atom. The molecule has 6 heteroatoms. The van der Waals surface area contributed by atoms with Gasteiger partial charge in [-0.05, 0) is 30.5 Å². The van der Waals surface area contributed by atoms with Gasteiger partial charge >= 0.3 is 0 Å². The van der Waals surface area contributed by atoms with Crippen molar-refractivity contribution in [3.8, 4) is 22.3 Å². The Balaban J connectivity index is 2.49. The van der Waals surface area contributed by atoms with Gasteiger partial charge in [0.2, 0.25) is 0 Å². The van der Waals surface area contributed by atoms with Crippen molar-refractivity contribution in [2.24, 2.45) is 0 Å². The molecule has 0 amide bonds. The zero-order valence-electron chi connectivity index (χ0n) is 15.0. The molecule has 3 aromatic rings. The molecular weight excluding hydrogens is 399 g/mol. The van der Waals surface area contributed by atoms with Crippen LogP contribution < -0.4 is 10.2 Å². The third kappa shape index (κ3) is 3.37. The molecule has 28 heavy (non-hydrogen) atoms. The van der Waals surface area contributed by atoms with Crippen LogP contribution in [0.25, 0.3) is 22.3 Å². The Labute approximate surface area is 172 Å². The Bertz CT molecular complexity index is 1120. The second kappa shape index (κ2) is 7.66. The smallest absolute Gasteiger partial charge is 0.0728 e. The number of rotatable bonds is 4. The quantitative estimate of drug-likeness (QED) is 0.654. The van der Waals surface area contributed by atoms with E-state index in [-0.39, 0.29) is 32.8 Å². The molecule has 0 aliphatic rings. The number of carboxylic acids is 2. The SMILES string of the molecule is Cc1cccc(-c2ccc(C(=O)[O-])c(-c3cccc(C)c3Cl)c2C(=O)[O-])c1Cl. The fourth-order valence-corrected chi connectivity index (χ4v) is 3.63. The van der Waals surface area contributed by atoms with Crippen molar-refractivity contribution < 1.29 is 19.8 Å². The maximum Gasteiger partial charge on any atom is 0.0728 e. The molecule has 0 aliphatic carbocycles. The molecule has 0 heterocycles. The lowest BCUT2D eigenvalue weighted by Crippen LogP contribution is -2.28. The molecule has 0 aliphatic heterocycles. The summed E-state index contributed by atoms with van der Waals surface area (Å²) < 4.78 is 0. The molecule has 0 radical (unpaired) electrons. The maximum absolute atomic E-state index is 12.1. The predicted octanol–water partition coefficient (Wildman–Crippen LogP) is 3.67. The summed E-state index contributed by atoms with van der Waals surface area (Å²) in [5.74, 6) is -3.06. The molecule has 3 aromatic carbocycles. The van der Waals surface area contributed by atoms with Gasteiger partial charge in [0.25, 0.3) is 0 Å². The van der Waals surface area contributed by atoms with Crippen molar-refractivity contribution in [2.45, 2.75) is 13.8 Å². The highest BCUT2D eigenvalue weighted by molar-refractivity contribution is 6.35. The molecule has 142 valence electrons. The van der Waals surface area contributed by atoms with Crippen molar-refractivity contribution >= 4 is 35.1 Å². The van der Waals surface area contributed by atoms with Crippen LogP contribution in [-0.4, -0.2) is 11.9 Å². The standard InChI is InChI=1S/C22H16Cl2O4/c1-11-5-3-7-14(19(11)23)13-9-10-16(21(25)26)17(18(13)22(27)28)15-8-4-6-12(2)20(15)24/h3-10H,1-2H3,(H,25,26)(H,27,28)/p-2. The van der Waals surface area contributed by atoms with E-state index in [1.54, 1.807) is 50.2 Å². The van der Waals surface area contributed by atoms with E-state index in [4.69, 9.17) is 23.2 Å². The molecule has 0 atom stereocenters. The molecule has 3 rings (SSSR count). The minimum Gasteiger partial charge on any atom is -0.545 e.